The van der Waals surface area contributed by atoms with Crippen LogP contribution in [0.25, 0.3) is 0 Å². The molecule has 6 heteroatoms. The first kappa shape index (κ1) is 17.5. The van der Waals surface area contributed by atoms with Crippen molar-refractivity contribution in [2.24, 2.45) is 0 Å². The molecular weight excluding hydrogens is 304 g/mol. The molecular formula is C16H25ClN2O3. The molecule has 0 aromatic heterocycles. The molecule has 1 aliphatic rings. The lowest BCUT2D eigenvalue weighted by molar-refractivity contribution is 0.0310. The smallest absolute Gasteiger partial charge is 0.138 e. The number of nitrogens with zero attached hydrogens (tertiary/aromatic N) is 1. The van der Waals surface area contributed by atoms with E-state index in [0.717, 1.165) is 31.5 Å². The zero-order valence-corrected chi connectivity index (χ0v) is 13.7. The second-order valence-electron chi connectivity index (χ2n) is 5.81. The van der Waals surface area contributed by atoms with Crippen LogP contribution in [0.15, 0.2) is 18.2 Å². The Morgan fingerprint density at radius 1 is 1.41 bits per heavy atom. The van der Waals surface area contributed by atoms with Crippen LogP contribution in [0.5, 0.6) is 5.75 Å². The molecule has 1 fully saturated rings. The number of aromatic hydroxyl groups is 1. The molecule has 1 atom stereocenters. The molecule has 1 aromatic rings. The fourth-order valence-corrected chi connectivity index (χ4v) is 3.01. The lowest BCUT2D eigenvalue weighted by Gasteiger charge is -2.33. The standard InChI is InChI=1S/C16H25ClN2O3/c1-22-11-14(20)10-19-7-5-13(6-8-19)18-9-12-3-2-4-15(17)16(12)21/h2-4,13-14,18,20-21H,5-11H2,1H3. The summed E-state index contributed by atoms with van der Waals surface area (Å²) in [6.07, 6.45) is 1.64. The lowest BCUT2D eigenvalue weighted by atomic mass is 10.0. The summed E-state index contributed by atoms with van der Waals surface area (Å²) < 4.78 is 4.95. The molecule has 3 N–H and O–H groups in total. The van der Waals surface area contributed by atoms with Crippen molar-refractivity contribution in [2.45, 2.75) is 31.5 Å². The van der Waals surface area contributed by atoms with Gasteiger partial charge in [0.15, 0.2) is 0 Å². The van der Waals surface area contributed by atoms with Gasteiger partial charge in [-0.15, -0.1) is 0 Å². The number of aliphatic hydroxyl groups excluding tert-OH is 1. The number of ether oxygens (including phenoxy) is 1. The molecule has 0 saturated carbocycles. The number of phenolic OH excluding ortho intramolecular Hbond substituents is 1. The molecule has 5 nitrogen and oxygen atoms in total. The minimum Gasteiger partial charge on any atom is -0.506 e. The highest BCUT2D eigenvalue weighted by atomic mass is 35.5. The number of aliphatic hydroxyl groups is 1. The number of halogens is 1. The van der Waals surface area contributed by atoms with Crippen LogP contribution >= 0.6 is 11.6 Å². The van der Waals surface area contributed by atoms with E-state index in [1.54, 1.807) is 13.2 Å². The predicted octanol–water partition coefficient (Wildman–Crippen LogP) is 1.61. The van der Waals surface area contributed by atoms with Crippen LogP contribution in [0.1, 0.15) is 18.4 Å². The van der Waals surface area contributed by atoms with E-state index in [2.05, 4.69) is 10.2 Å². The van der Waals surface area contributed by atoms with Crippen LogP contribution in [0.3, 0.4) is 0 Å². The monoisotopic (exact) mass is 328 g/mol. The molecule has 1 unspecified atom stereocenters. The molecule has 1 aliphatic heterocycles. The highest BCUT2D eigenvalue weighted by molar-refractivity contribution is 6.32. The van der Waals surface area contributed by atoms with Crippen LogP contribution in [-0.4, -0.2) is 60.6 Å². The summed E-state index contributed by atoms with van der Waals surface area (Å²) >= 11 is 5.91. The van der Waals surface area contributed by atoms with Crippen molar-refractivity contribution in [3.63, 3.8) is 0 Å². The van der Waals surface area contributed by atoms with Crippen LogP contribution in [-0.2, 0) is 11.3 Å². The first-order valence-electron chi connectivity index (χ1n) is 7.69. The van der Waals surface area contributed by atoms with Gasteiger partial charge < -0.3 is 25.2 Å². The van der Waals surface area contributed by atoms with Crippen LogP contribution in [0.4, 0.5) is 0 Å². The summed E-state index contributed by atoms with van der Waals surface area (Å²) in [5.41, 5.74) is 0.824. The van der Waals surface area contributed by atoms with Gasteiger partial charge >= 0.3 is 0 Å². The van der Waals surface area contributed by atoms with E-state index in [-0.39, 0.29) is 5.75 Å². The summed E-state index contributed by atoms with van der Waals surface area (Å²) in [4.78, 5) is 2.26. The predicted molar refractivity (Wildman–Crippen MR) is 87.3 cm³/mol. The molecule has 1 aromatic carbocycles. The normalized spacial score (nSPS) is 18.5. The Morgan fingerprint density at radius 3 is 2.82 bits per heavy atom. The average Bonchev–Trinajstić information content (AvgIpc) is 2.50. The van der Waals surface area contributed by atoms with Gasteiger partial charge in [0.2, 0.25) is 0 Å². The average molecular weight is 329 g/mol. The fraction of sp³-hybridized carbons (Fsp3) is 0.625. The Labute approximate surface area is 136 Å². The number of benzene rings is 1. The van der Waals surface area contributed by atoms with Gasteiger partial charge in [-0.3, -0.25) is 0 Å². The van der Waals surface area contributed by atoms with E-state index in [0.29, 0.717) is 30.8 Å². The van der Waals surface area contributed by atoms with Crippen molar-refractivity contribution in [3.05, 3.63) is 28.8 Å². The third kappa shape index (κ3) is 5.11. The Kier molecular flexibility index (Phi) is 6.92. The van der Waals surface area contributed by atoms with Crippen molar-refractivity contribution in [1.82, 2.24) is 10.2 Å². The maximum Gasteiger partial charge on any atom is 0.138 e. The largest absolute Gasteiger partial charge is 0.506 e. The topological polar surface area (TPSA) is 65.0 Å². The first-order valence-corrected chi connectivity index (χ1v) is 8.07. The van der Waals surface area contributed by atoms with Crippen LogP contribution < -0.4 is 5.32 Å². The van der Waals surface area contributed by atoms with Gasteiger partial charge in [-0.05, 0) is 32.0 Å². The Bertz CT molecular complexity index is 465. The number of hydrogen-bond acceptors (Lipinski definition) is 5. The molecule has 1 heterocycles. The number of methoxy groups -OCH3 is 1. The molecule has 0 bridgehead atoms. The quantitative estimate of drug-likeness (QED) is 0.709. The van der Waals surface area contributed by atoms with Crippen molar-refractivity contribution in [1.29, 1.82) is 0 Å². The van der Waals surface area contributed by atoms with Gasteiger partial charge in [0.25, 0.3) is 0 Å². The zero-order chi connectivity index (χ0) is 15.9. The molecule has 1 saturated heterocycles. The molecule has 0 aliphatic carbocycles. The maximum atomic E-state index is 9.90. The molecule has 0 amide bonds. The van der Waals surface area contributed by atoms with Crippen LogP contribution in [0, 0.1) is 0 Å². The van der Waals surface area contributed by atoms with Crippen molar-refractivity contribution >= 4 is 11.6 Å². The second kappa shape index (κ2) is 8.70. The second-order valence-corrected chi connectivity index (χ2v) is 6.22. The summed E-state index contributed by atoms with van der Waals surface area (Å²) in [6, 6.07) is 5.84. The summed E-state index contributed by atoms with van der Waals surface area (Å²) in [5.74, 6) is 0.164. The van der Waals surface area contributed by atoms with Crippen LogP contribution in [0.2, 0.25) is 5.02 Å². The number of para-hydroxylation sites is 1. The highest BCUT2D eigenvalue weighted by Crippen LogP contribution is 2.27. The number of likely N-dealkylation sites (tertiary alicyclic amines) is 1. The minimum absolute atomic E-state index is 0.164. The number of piperidine rings is 1. The number of β-amino-alcohol motifs (C(OH)–C–C–N with tert-alkyl or cyclic N) is 1. The summed E-state index contributed by atoms with van der Waals surface area (Å²) in [7, 11) is 1.60. The molecule has 22 heavy (non-hydrogen) atoms. The summed E-state index contributed by atoms with van der Waals surface area (Å²) in [5, 5.41) is 23.5. The number of rotatable bonds is 7. The van der Waals surface area contributed by atoms with Gasteiger partial charge in [-0.1, -0.05) is 23.7 Å². The van der Waals surface area contributed by atoms with Gasteiger partial charge in [-0.25, -0.2) is 0 Å². The van der Waals surface area contributed by atoms with E-state index in [1.807, 2.05) is 12.1 Å². The molecule has 0 spiro atoms. The number of nitrogens with one attached hydrogen (secondary N) is 1. The van der Waals surface area contributed by atoms with E-state index in [9.17, 15) is 10.2 Å². The highest BCUT2D eigenvalue weighted by Gasteiger charge is 2.21. The zero-order valence-electron chi connectivity index (χ0n) is 13.0. The van der Waals surface area contributed by atoms with E-state index >= 15 is 0 Å². The number of phenols is 1. The Hall–Kier alpha value is -0.850. The van der Waals surface area contributed by atoms with Crippen molar-refractivity contribution < 1.29 is 14.9 Å². The SMILES string of the molecule is COCC(O)CN1CCC(NCc2cccc(Cl)c2O)CC1. The minimum atomic E-state index is -0.419. The number of hydrogen-bond donors (Lipinski definition) is 3. The lowest BCUT2D eigenvalue weighted by Crippen LogP contribution is -2.45. The van der Waals surface area contributed by atoms with E-state index in [1.165, 1.54) is 0 Å². The Balaban J connectivity index is 1.72. The third-order valence-corrected chi connectivity index (χ3v) is 4.37. The van der Waals surface area contributed by atoms with Crippen molar-refractivity contribution in [3.8, 4) is 5.75 Å². The van der Waals surface area contributed by atoms with Gasteiger partial charge in [0.1, 0.15) is 5.75 Å². The molecule has 124 valence electrons. The van der Waals surface area contributed by atoms with E-state index < -0.39 is 6.10 Å². The third-order valence-electron chi connectivity index (χ3n) is 4.07. The Morgan fingerprint density at radius 2 is 2.14 bits per heavy atom. The first-order chi connectivity index (χ1) is 10.6. The van der Waals surface area contributed by atoms with Gasteiger partial charge in [-0.2, -0.15) is 0 Å². The molecule has 2 rings (SSSR count). The summed E-state index contributed by atoms with van der Waals surface area (Å²) in [6.45, 7) is 3.57. The maximum absolute atomic E-state index is 9.90. The fourth-order valence-electron chi connectivity index (χ4n) is 2.82. The van der Waals surface area contributed by atoms with E-state index in [4.69, 9.17) is 16.3 Å². The van der Waals surface area contributed by atoms with Gasteiger partial charge in [0, 0.05) is 31.8 Å². The van der Waals surface area contributed by atoms with Gasteiger partial charge in [0.05, 0.1) is 17.7 Å². The molecule has 0 radical (unpaired) electrons. The van der Waals surface area contributed by atoms with Crippen molar-refractivity contribution in [2.75, 3.05) is 33.4 Å².